The molecule has 0 atom stereocenters. The molecule has 1 aliphatic rings. The molecule has 0 saturated carbocycles. The molecule has 1 heterocycles. The number of benzene rings is 1. The minimum absolute atomic E-state index is 0.0599. The molecule has 2 N–H and O–H groups in total. The maximum absolute atomic E-state index is 13.4. The number of nitrogens with one attached hydrogen (secondary N) is 2. The van der Waals surface area contributed by atoms with Crippen LogP contribution in [-0.4, -0.2) is 19.0 Å². The number of rotatable bonds is 4. The standard InChI is InChI=1S/C14H17F2IN2O/c15-11-7-10(8-12(16)14(11)17)19-13(20)2-1-9-3-5-18-6-4-9/h7-9,18H,1-6H2,(H,19,20). The van der Waals surface area contributed by atoms with E-state index in [0.717, 1.165) is 44.5 Å². The third-order valence-electron chi connectivity index (χ3n) is 3.51. The Balaban J connectivity index is 1.84. The van der Waals surface area contributed by atoms with Gasteiger partial charge in [0, 0.05) is 12.1 Å². The largest absolute Gasteiger partial charge is 0.326 e. The molecule has 1 fully saturated rings. The summed E-state index contributed by atoms with van der Waals surface area (Å²) >= 11 is 1.60. The van der Waals surface area contributed by atoms with Crippen LogP contribution in [0.2, 0.25) is 0 Å². The van der Waals surface area contributed by atoms with Crippen molar-refractivity contribution in [3.8, 4) is 0 Å². The van der Waals surface area contributed by atoms with E-state index in [1.807, 2.05) is 0 Å². The molecule has 0 spiro atoms. The van der Waals surface area contributed by atoms with Crippen molar-refractivity contribution < 1.29 is 13.6 Å². The van der Waals surface area contributed by atoms with Crippen molar-refractivity contribution in [3.63, 3.8) is 0 Å². The number of carbonyl (C=O) groups excluding carboxylic acids is 1. The van der Waals surface area contributed by atoms with E-state index in [1.165, 1.54) is 0 Å². The van der Waals surface area contributed by atoms with Gasteiger partial charge in [-0.05, 0) is 73.0 Å². The Morgan fingerprint density at radius 3 is 2.50 bits per heavy atom. The van der Waals surface area contributed by atoms with E-state index in [4.69, 9.17) is 0 Å². The average molecular weight is 394 g/mol. The summed E-state index contributed by atoms with van der Waals surface area (Å²) in [5.41, 5.74) is 0.177. The molecule has 2 rings (SSSR count). The van der Waals surface area contributed by atoms with Gasteiger partial charge in [0.1, 0.15) is 11.6 Å². The van der Waals surface area contributed by atoms with Crippen LogP contribution in [0.3, 0.4) is 0 Å². The molecular formula is C14H17F2IN2O. The Bertz CT molecular complexity index is 467. The van der Waals surface area contributed by atoms with Gasteiger partial charge in [0.15, 0.2) is 0 Å². The molecule has 3 nitrogen and oxygen atoms in total. The molecule has 1 saturated heterocycles. The summed E-state index contributed by atoms with van der Waals surface area (Å²) in [6.45, 7) is 2.00. The van der Waals surface area contributed by atoms with Crippen molar-refractivity contribution in [2.24, 2.45) is 5.92 Å². The summed E-state index contributed by atoms with van der Waals surface area (Å²) in [6, 6.07) is 2.29. The number of halogens is 3. The van der Waals surface area contributed by atoms with Crippen LogP contribution < -0.4 is 10.6 Å². The fourth-order valence-corrected chi connectivity index (χ4v) is 2.67. The molecule has 6 heteroatoms. The Morgan fingerprint density at radius 1 is 1.30 bits per heavy atom. The number of piperidine rings is 1. The lowest BCUT2D eigenvalue weighted by atomic mass is 9.93. The molecule has 1 aromatic carbocycles. The Kier molecular flexibility index (Phi) is 5.71. The molecule has 110 valence electrons. The molecule has 0 aliphatic carbocycles. The van der Waals surface area contributed by atoms with E-state index in [0.29, 0.717) is 12.3 Å². The zero-order valence-corrected chi connectivity index (χ0v) is 13.2. The molecule has 0 aromatic heterocycles. The van der Waals surface area contributed by atoms with E-state index in [1.54, 1.807) is 22.6 Å². The highest BCUT2D eigenvalue weighted by Crippen LogP contribution is 2.21. The van der Waals surface area contributed by atoms with Gasteiger partial charge in [0.2, 0.25) is 5.91 Å². The van der Waals surface area contributed by atoms with Gasteiger partial charge in [-0.1, -0.05) is 0 Å². The maximum Gasteiger partial charge on any atom is 0.224 e. The summed E-state index contributed by atoms with van der Waals surface area (Å²) in [5, 5.41) is 5.83. The zero-order valence-electron chi connectivity index (χ0n) is 11.0. The van der Waals surface area contributed by atoms with Gasteiger partial charge in [-0.15, -0.1) is 0 Å². The van der Waals surface area contributed by atoms with Crippen molar-refractivity contribution >= 4 is 34.2 Å². The second-order valence-corrected chi connectivity index (χ2v) is 6.11. The Morgan fingerprint density at radius 2 is 1.90 bits per heavy atom. The smallest absolute Gasteiger partial charge is 0.224 e. The van der Waals surface area contributed by atoms with E-state index in [9.17, 15) is 13.6 Å². The second kappa shape index (κ2) is 7.31. The van der Waals surface area contributed by atoms with Gasteiger partial charge < -0.3 is 10.6 Å². The van der Waals surface area contributed by atoms with Gasteiger partial charge in [0.25, 0.3) is 0 Å². The van der Waals surface area contributed by atoms with Crippen LogP contribution in [0.15, 0.2) is 12.1 Å². The van der Waals surface area contributed by atoms with Crippen molar-refractivity contribution in [1.82, 2.24) is 5.32 Å². The normalized spacial score (nSPS) is 16.1. The first-order valence-corrected chi connectivity index (χ1v) is 7.79. The predicted molar refractivity (Wildman–Crippen MR) is 82.5 cm³/mol. The van der Waals surface area contributed by atoms with Crippen LogP contribution in [0.5, 0.6) is 0 Å². The van der Waals surface area contributed by atoms with Crippen molar-refractivity contribution in [3.05, 3.63) is 27.3 Å². The fourth-order valence-electron chi connectivity index (χ4n) is 2.36. The summed E-state index contributed by atoms with van der Waals surface area (Å²) in [5.74, 6) is -0.936. The topological polar surface area (TPSA) is 41.1 Å². The number of hydrogen-bond donors (Lipinski definition) is 2. The van der Waals surface area contributed by atoms with Crippen molar-refractivity contribution in [2.75, 3.05) is 18.4 Å². The lowest BCUT2D eigenvalue weighted by Crippen LogP contribution is -2.28. The van der Waals surface area contributed by atoms with Crippen LogP contribution in [0.4, 0.5) is 14.5 Å². The molecule has 0 unspecified atom stereocenters. The van der Waals surface area contributed by atoms with Gasteiger partial charge in [-0.25, -0.2) is 8.78 Å². The van der Waals surface area contributed by atoms with Gasteiger partial charge >= 0.3 is 0 Å². The molecule has 1 aromatic rings. The molecule has 1 amide bonds. The zero-order chi connectivity index (χ0) is 14.5. The average Bonchev–Trinajstić information content (AvgIpc) is 2.43. The number of carbonyl (C=O) groups is 1. The highest BCUT2D eigenvalue weighted by Gasteiger charge is 2.15. The molecule has 1 aliphatic heterocycles. The Hall–Kier alpha value is -0.760. The summed E-state index contributed by atoms with van der Waals surface area (Å²) in [7, 11) is 0. The minimum atomic E-state index is -0.653. The molecule has 20 heavy (non-hydrogen) atoms. The monoisotopic (exact) mass is 394 g/mol. The van der Waals surface area contributed by atoms with Crippen LogP contribution in [-0.2, 0) is 4.79 Å². The Labute approximate surface area is 130 Å². The molecule has 0 bridgehead atoms. The summed E-state index contributed by atoms with van der Waals surface area (Å²) < 4.78 is 26.7. The van der Waals surface area contributed by atoms with Crippen LogP contribution in [0.25, 0.3) is 0 Å². The third-order valence-corrected chi connectivity index (χ3v) is 4.54. The fraction of sp³-hybridized carbons (Fsp3) is 0.500. The summed E-state index contributed by atoms with van der Waals surface area (Å²) in [4.78, 5) is 11.8. The van der Waals surface area contributed by atoms with E-state index < -0.39 is 11.6 Å². The first-order chi connectivity index (χ1) is 9.56. The molecule has 0 radical (unpaired) electrons. The van der Waals surface area contributed by atoms with Crippen LogP contribution >= 0.6 is 22.6 Å². The maximum atomic E-state index is 13.4. The van der Waals surface area contributed by atoms with E-state index in [2.05, 4.69) is 10.6 Å². The van der Waals surface area contributed by atoms with Crippen LogP contribution in [0.1, 0.15) is 25.7 Å². The van der Waals surface area contributed by atoms with Crippen LogP contribution in [0, 0.1) is 21.1 Å². The van der Waals surface area contributed by atoms with E-state index >= 15 is 0 Å². The highest BCUT2D eigenvalue weighted by molar-refractivity contribution is 14.1. The first-order valence-electron chi connectivity index (χ1n) is 6.71. The SMILES string of the molecule is O=C(CCC1CCNCC1)Nc1cc(F)c(I)c(F)c1. The first kappa shape index (κ1) is 15.6. The van der Waals surface area contributed by atoms with E-state index in [-0.39, 0.29) is 15.2 Å². The van der Waals surface area contributed by atoms with Gasteiger partial charge in [0.05, 0.1) is 3.57 Å². The quantitative estimate of drug-likeness (QED) is 0.608. The number of amides is 1. The second-order valence-electron chi connectivity index (χ2n) is 5.03. The lowest BCUT2D eigenvalue weighted by Gasteiger charge is -2.22. The third kappa shape index (κ3) is 4.37. The summed E-state index contributed by atoms with van der Waals surface area (Å²) in [6.07, 6.45) is 3.38. The highest BCUT2D eigenvalue weighted by atomic mass is 127. The number of hydrogen-bond acceptors (Lipinski definition) is 2. The lowest BCUT2D eigenvalue weighted by molar-refractivity contribution is -0.116. The molecular weight excluding hydrogens is 377 g/mol. The van der Waals surface area contributed by atoms with Crippen molar-refractivity contribution in [2.45, 2.75) is 25.7 Å². The predicted octanol–water partition coefficient (Wildman–Crippen LogP) is 3.29. The van der Waals surface area contributed by atoms with Gasteiger partial charge in [-0.3, -0.25) is 4.79 Å². The minimum Gasteiger partial charge on any atom is -0.326 e. The number of anilines is 1. The van der Waals surface area contributed by atoms with Crippen molar-refractivity contribution in [1.29, 1.82) is 0 Å². The van der Waals surface area contributed by atoms with Gasteiger partial charge in [-0.2, -0.15) is 0 Å².